The minimum Gasteiger partial charge on any atom is -0.446 e. The van der Waals surface area contributed by atoms with Gasteiger partial charge in [-0.1, -0.05) is 26.2 Å². The maximum atomic E-state index is 12.1. The van der Waals surface area contributed by atoms with Crippen LogP contribution in [0.15, 0.2) is 10.7 Å². The first kappa shape index (κ1) is 15.0. The van der Waals surface area contributed by atoms with Gasteiger partial charge in [0.1, 0.15) is 6.26 Å². The molecule has 1 heterocycles. The van der Waals surface area contributed by atoms with Gasteiger partial charge in [-0.05, 0) is 32.1 Å². The molecule has 0 saturated heterocycles. The molecule has 0 radical (unpaired) electrons. The van der Waals surface area contributed by atoms with Crippen molar-refractivity contribution >= 4 is 5.91 Å². The first-order valence-corrected chi connectivity index (χ1v) is 7.63. The Balaban J connectivity index is 1.92. The van der Waals surface area contributed by atoms with Crippen molar-refractivity contribution in [3.63, 3.8) is 0 Å². The number of aromatic nitrogens is 1. The molecule has 5 heteroatoms. The average molecular weight is 279 g/mol. The Morgan fingerprint density at radius 1 is 1.50 bits per heavy atom. The number of nitrogens with two attached hydrogens (primary N) is 1. The third-order valence-corrected chi connectivity index (χ3v) is 4.23. The molecule has 2 unspecified atom stereocenters. The largest absolute Gasteiger partial charge is 0.446 e. The van der Waals surface area contributed by atoms with Crippen LogP contribution in [0.3, 0.4) is 0 Å². The second-order valence-electron chi connectivity index (χ2n) is 5.75. The molecular weight excluding hydrogens is 254 g/mol. The Morgan fingerprint density at radius 2 is 2.20 bits per heavy atom. The van der Waals surface area contributed by atoms with E-state index in [1.165, 1.54) is 38.4 Å². The first-order chi connectivity index (χ1) is 9.61. The monoisotopic (exact) mass is 279 g/mol. The van der Waals surface area contributed by atoms with Gasteiger partial charge in [0, 0.05) is 6.04 Å². The van der Waals surface area contributed by atoms with Gasteiger partial charge in [-0.2, -0.15) is 0 Å². The lowest BCUT2D eigenvalue weighted by Crippen LogP contribution is -2.39. The molecule has 1 aliphatic carbocycles. The van der Waals surface area contributed by atoms with Crippen LogP contribution in [0.1, 0.15) is 74.8 Å². The van der Waals surface area contributed by atoms with Crippen LogP contribution in [-0.2, 0) is 0 Å². The maximum absolute atomic E-state index is 12.1. The molecule has 1 aromatic rings. The van der Waals surface area contributed by atoms with Gasteiger partial charge in [-0.15, -0.1) is 0 Å². The minimum absolute atomic E-state index is 0.165. The average Bonchev–Trinajstić information content (AvgIpc) is 2.97. The molecule has 0 aliphatic heterocycles. The zero-order chi connectivity index (χ0) is 14.5. The van der Waals surface area contributed by atoms with Gasteiger partial charge in [0.2, 0.25) is 5.89 Å². The number of nitrogens with one attached hydrogen (secondary N) is 1. The van der Waals surface area contributed by atoms with Gasteiger partial charge < -0.3 is 15.5 Å². The van der Waals surface area contributed by atoms with Crippen LogP contribution in [0.25, 0.3) is 0 Å². The number of hydrogen-bond donors (Lipinski definition) is 2. The molecule has 112 valence electrons. The zero-order valence-electron chi connectivity index (χ0n) is 12.4. The van der Waals surface area contributed by atoms with Crippen LogP contribution in [-0.4, -0.2) is 16.9 Å². The molecule has 20 heavy (non-hydrogen) atoms. The second kappa shape index (κ2) is 6.88. The van der Waals surface area contributed by atoms with Gasteiger partial charge in [0.25, 0.3) is 5.91 Å². The number of amides is 1. The van der Waals surface area contributed by atoms with E-state index < -0.39 is 0 Å². The number of hydrogen-bond acceptors (Lipinski definition) is 4. The molecule has 1 fully saturated rings. The molecule has 1 saturated carbocycles. The molecule has 2 atom stereocenters. The molecule has 0 aromatic carbocycles. The van der Waals surface area contributed by atoms with E-state index in [0.717, 1.165) is 6.42 Å². The Labute approximate surface area is 120 Å². The summed E-state index contributed by atoms with van der Waals surface area (Å²) in [6.07, 6.45) is 8.39. The van der Waals surface area contributed by atoms with E-state index in [2.05, 4.69) is 17.2 Å². The van der Waals surface area contributed by atoms with E-state index in [9.17, 15) is 4.79 Å². The molecule has 1 amide bonds. The molecule has 1 aromatic heterocycles. The normalized spacial score (nSPS) is 19.6. The van der Waals surface area contributed by atoms with Crippen LogP contribution in [0, 0.1) is 5.92 Å². The van der Waals surface area contributed by atoms with Crippen LogP contribution in [0.2, 0.25) is 0 Å². The van der Waals surface area contributed by atoms with E-state index in [0.29, 0.717) is 17.5 Å². The summed E-state index contributed by atoms with van der Waals surface area (Å²) < 4.78 is 5.27. The topological polar surface area (TPSA) is 81.1 Å². The number of carbonyl (C=O) groups excluding carboxylic acids is 1. The van der Waals surface area contributed by atoms with Crippen molar-refractivity contribution in [2.75, 3.05) is 0 Å². The van der Waals surface area contributed by atoms with Crippen molar-refractivity contribution in [3.05, 3.63) is 17.8 Å². The molecule has 5 nitrogen and oxygen atoms in total. The Kier molecular flexibility index (Phi) is 5.17. The summed E-state index contributed by atoms with van der Waals surface area (Å²) in [5.74, 6) is 0.848. The van der Waals surface area contributed by atoms with Crippen LogP contribution in [0.4, 0.5) is 0 Å². The molecule has 1 aliphatic rings. The van der Waals surface area contributed by atoms with E-state index >= 15 is 0 Å². The molecule has 3 N–H and O–H groups in total. The third-order valence-electron chi connectivity index (χ3n) is 4.23. The van der Waals surface area contributed by atoms with Crippen molar-refractivity contribution in [2.45, 2.75) is 64.5 Å². The summed E-state index contributed by atoms with van der Waals surface area (Å²) in [7, 11) is 0. The predicted octanol–water partition coefficient (Wildman–Crippen LogP) is 2.78. The van der Waals surface area contributed by atoms with E-state index in [4.69, 9.17) is 10.2 Å². The smallest absolute Gasteiger partial charge is 0.273 e. The zero-order valence-corrected chi connectivity index (χ0v) is 12.4. The molecule has 2 rings (SSSR count). The Hall–Kier alpha value is -1.36. The summed E-state index contributed by atoms with van der Waals surface area (Å²) in [4.78, 5) is 16.3. The lowest BCUT2D eigenvalue weighted by molar-refractivity contribution is 0.0914. The lowest BCUT2D eigenvalue weighted by atomic mass is 9.84. The van der Waals surface area contributed by atoms with Crippen LogP contribution in [0.5, 0.6) is 0 Å². The van der Waals surface area contributed by atoms with E-state index in [1.807, 2.05) is 6.92 Å². The summed E-state index contributed by atoms with van der Waals surface area (Å²) in [5, 5.41) is 3.03. The van der Waals surface area contributed by atoms with E-state index in [1.54, 1.807) is 0 Å². The van der Waals surface area contributed by atoms with Crippen molar-refractivity contribution in [2.24, 2.45) is 11.7 Å². The van der Waals surface area contributed by atoms with Crippen LogP contribution >= 0.6 is 0 Å². The first-order valence-electron chi connectivity index (χ1n) is 7.63. The summed E-state index contributed by atoms with van der Waals surface area (Å²) in [6, 6.07) is -0.0601. The number of rotatable bonds is 5. The highest BCUT2D eigenvalue weighted by Gasteiger charge is 2.23. The van der Waals surface area contributed by atoms with Gasteiger partial charge in [0.05, 0.1) is 6.04 Å². The SMILES string of the molecule is CCC(N)c1nc(C(=O)NC(C)C2CCCCC2)co1. The lowest BCUT2D eigenvalue weighted by Gasteiger charge is -2.27. The predicted molar refractivity (Wildman–Crippen MR) is 77.2 cm³/mol. The number of carbonyl (C=O) groups is 1. The van der Waals surface area contributed by atoms with Crippen molar-refractivity contribution in [1.82, 2.24) is 10.3 Å². The number of oxazole rings is 1. The quantitative estimate of drug-likeness (QED) is 0.868. The maximum Gasteiger partial charge on any atom is 0.273 e. The fourth-order valence-corrected chi connectivity index (χ4v) is 2.77. The Morgan fingerprint density at radius 3 is 2.85 bits per heavy atom. The highest BCUT2D eigenvalue weighted by atomic mass is 16.3. The fourth-order valence-electron chi connectivity index (χ4n) is 2.77. The second-order valence-corrected chi connectivity index (χ2v) is 5.75. The summed E-state index contributed by atoms with van der Waals surface area (Å²) in [6.45, 7) is 4.03. The fraction of sp³-hybridized carbons (Fsp3) is 0.733. The standard InChI is InChI=1S/C15H25N3O2/c1-3-12(16)15-18-13(9-20-15)14(19)17-10(2)11-7-5-4-6-8-11/h9-12H,3-8,16H2,1-2H3,(H,17,19). The van der Waals surface area contributed by atoms with Crippen molar-refractivity contribution < 1.29 is 9.21 Å². The van der Waals surface area contributed by atoms with Gasteiger partial charge in [0.15, 0.2) is 5.69 Å². The summed E-state index contributed by atoms with van der Waals surface area (Å²) >= 11 is 0. The number of nitrogens with zero attached hydrogens (tertiary/aromatic N) is 1. The highest BCUT2D eigenvalue weighted by molar-refractivity contribution is 5.92. The van der Waals surface area contributed by atoms with Gasteiger partial charge in [-0.3, -0.25) is 4.79 Å². The molecule has 0 bridgehead atoms. The summed E-state index contributed by atoms with van der Waals surface area (Å²) in [5.41, 5.74) is 6.16. The minimum atomic E-state index is -0.243. The van der Waals surface area contributed by atoms with Crippen LogP contribution < -0.4 is 11.1 Å². The third kappa shape index (κ3) is 3.60. The molecule has 0 spiro atoms. The van der Waals surface area contributed by atoms with Crippen molar-refractivity contribution in [1.29, 1.82) is 0 Å². The van der Waals surface area contributed by atoms with Crippen molar-refractivity contribution in [3.8, 4) is 0 Å². The Bertz CT molecular complexity index is 438. The highest BCUT2D eigenvalue weighted by Crippen LogP contribution is 2.26. The molecular formula is C15H25N3O2. The van der Waals surface area contributed by atoms with Gasteiger partial charge in [-0.25, -0.2) is 4.98 Å². The van der Waals surface area contributed by atoms with E-state index in [-0.39, 0.29) is 18.0 Å². The van der Waals surface area contributed by atoms with Gasteiger partial charge >= 0.3 is 0 Å².